The van der Waals surface area contributed by atoms with Crippen LogP contribution >= 0.6 is 0 Å². The van der Waals surface area contributed by atoms with E-state index >= 15 is 0 Å². The van der Waals surface area contributed by atoms with Crippen molar-refractivity contribution < 1.29 is 4.74 Å². The van der Waals surface area contributed by atoms with Crippen molar-refractivity contribution >= 4 is 10.9 Å². The van der Waals surface area contributed by atoms with Gasteiger partial charge in [-0.15, -0.1) is 0 Å². The Morgan fingerprint density at radius 1 is 1.33 bits per heavy atom. The van der Waals surface area contributed by atoms with Gasteiger partial charge in [-0.05, 0) is 25.1 Å². The molecule has 0 aliphatic rings. The predicted molar refractivity (Wildman–Crippen MR) is 79.5 cm³/mol. The first-order valence-electron chi connectivity index (χ1n) is 6.72. The van der Waals surface area contributed by atoms with Gasteiger partial charge in [0.1, 0.15) is 11.3 Å². The summed E-state index contributed by atoms with van der Waals surface area (Å²) >= 11 is 0. The van der Waals surface area contributed by atoms with E-state index in [1.54, 1.807) is 47.1 Å². The number of aromatic nitrogens is 4. The first kappa shape index (κ1) is 13.4. The summed E-state index contributed by atoms with van der Waals surface area (Å²) in [7, 11) is 1.57. The van der Waals surface area contributed by atoms with Crippen LogP contribution in [0.4, 0.5) is 0 Å². The van der Waals surface area contributed by atoms with E-state index in [0.717, 1.165) is 0 Å². The Kier molecular flexibility index (Phi) is 3.43. The SMILES string of the molecule is COc1cccc2c(=O)n(C(C)Cn3cccn3)cnc12. The number of hydrogen-bond acceptors (Lipinski definition) is 4. The third kappa shape index (κ3) is 2.40. The summed E-state index contributed by atoms with van der Waals surface area (Å²) in [6.45, 7) is 2.58. The van der Waals surface area contributed by atoms with Crippen molar-refractivity contribution in [3.8, 4) is 5.75 Å². The first-order valence-corrected chi connectivity index (χ1v) is 6.72. The summed E-state index contributed by atoms with van der Waals surface area (Å²) in [5.41, 5.74) is 0.520. The van der Waals surface area contributed by atoms with Gasteiger partial charge in [0.25, 0.3) is 5.56 Å². The zero-order valence-electron chi connectivity index (χ0n) is 11.9. The Morgan fingerprint density at radius 3 is 2.90 bits per heavy atom. The van der Waals surface area contributed by atoms with E-state index in [1.807, 2.05) is 19.2 Å². The van der Waals surface area contributed by atoms with Gasteiger partial charge in [0, 0.05) is 12.4 Å². The number of hydrogen-bond donors (Lipinski definition) is 0. The molecular formula is C15H16N4O2. The number of ether oxygens (including phenoxy) is 1. The Bertz CT molecular complexity index is 808. The van der Waals surface area contributed by atoms with E-state index in [2.05, 4.69) is 10.1 Å². The number of nitrogens with zero attached hydrogens (tertiary/aromatic N) is 4. The monoisotopic (exact) mass is 284 g/mol. The number of fused-ring (bicyclic) bond motifs is 1. The van der Waals surface area contributed by atoms with E-state index < -0.39 is 0 Å². The van der Waals surface area contributed by atoms with Crippen molar-refractivity contribution in [3.63, 3.8) is 0 Å². The van der Waals surface area contributed by atoms with Crippen molar-refractivity contribution in [2.24, 2.45) is 0 Å². The molecule has 1 unspecified atom stereocenters. The second-order valence-corrected chi connectivity index (χ2v) is 4.89. The lowest BCUT2D eigenvalue weighted by Crippen LogP contribution is -2.26. The van der Waals surface area contributed by atoms with E-state index in [9.17, 15) is 4.79 Å². The lowest BCUT2D eigenvalue weighted by molar-refractivity contribution is 0.415. The highest BCUT2D eigenvalue weighted by Gasteiger charge is 2.12. The van der Waals surface area contributed by atoms with Gasteiger partial charge in [-0.2, -0.15) is 5.10 Å². The number of rotatable bonds is 4. The van der Waals surface area contributed by atoms with E-state index in [4.69, 9.17) is 4.74 Å². The second kappa shape index (κ2) is 5.40. The average molecular weight is 284 g/mol. The number of methoxy groups -OCH3 is 1. The van der Waals surface area contributed by atoms with Crippen LogP contribution in [-0.2, 0) is 6.54 Å². The molecule has 21 heavy (non-hydrogen) atoms. The van der Waals surface area contributed by atoms with Crippen LogP contribution in [-0.4, -0.2) is 26.4 Å². The largest absolute Gasteiger partial charge is 0.494 e. The van der Waals surface area contributed by atoms with Gasteiger partial charge in [-0.1, -0.05) is 6.07 Å². The Morgan fingerprint density at radius 2 is 2.19 bits per heavy atom. The van der Waals surface area contributed by atoms with Gasteiger partial charge in [0.05, 0.1) is 31.4 Å². The summed E-state index contributed by atoms with van der Waals surface area (Å²) < 4.78 is 8.67. The van der Waals surface area contributed by atoms with Gasteiger partial charge in [-0.3, -0.25) is 14.0 Å². The summed E-state index contributed by atoms with van der Waals surface area (Å²) in [4.78, 5) is 17.0. The van der Waals surface area contributed by atoms with Gasteiger partial charge in [0.2, 0.25) is 0 Å². The Balaban J connectivity index is 2.04. The van der Waals surface area contributed by atoms with Crippen molar-refractivity contribution in [2.45, 2.75) is 19.5 Å². The van der Waals surface area contributed by atoms with Crippen LogP contribution in [0.25, 0.3) is 10.9 Å². The molecule has 3 aromatic rings. The van der Waals surface area contributed by atoms with Crippen LogP contribution in [0.3, 0.4) is 0 Å². The predicted octanol–water partition coefficient (Wildman–Crippen LogP) is 1.86. The molecule has 2 aromatic heterocycles. The maximum absolute atomic E-state index is 12.6. The molecule has 0 bridgehead atoms. The first-order chi connectivity index (χ1) is 10.2. The maximum Gasteiger partial charge on any atom is 0.261 e. The third-order valence-corrected chi connectivity index (χ3v) is 3.48. The third-order valence-electron chi connectivity index (χ3n) is 3.48. The molecule has 0 amide bonds. The van der Waals surface area contributed by atoms with Crippen molar-refractivity contribution in [1.29, 1.82) is 0 Å². The molecule has 0 aliphatic heterocycles. The van der Waals surface area contributed by atoms with Crippen molar-refractivity contribution in [2.75, 3.05) is 7.11 Å². The van der Waals surface area contributed by atoms with Crippen molar-refractivity contribution in [1.82, 2.24) is 19.3 Å². The zero-order valence-corrected chi connectivity index (χ0v) is 11.9. The van der Waals surface area contributed by atoms with Crippen LogP contribution in [0.5, 0.6) is 5.75 Å². The lowest BCUT2D eigenvalue weighted by Gasteiger charge is -2.15. The molecule has 0 fully saturated rings. The maximum atomic E-state index is 12.6. The molecule has 3 rings (SSSR count). The summed E-state index contributed by atoms with van der Waals surface area (Å²) in [5.74, 6) is 0.608. The lowest BCUT2D eigenvalue weighted by atomic mass is 10.2. The van der Waals surface area contributed by atoms with Gasteiger partial charge in [-0.25, -0.2) is 4.98 Å². The highest BCUT2D eigenvalue weighted by molar-refractivity contribution is 5.83. The van der Waals surface area contributed by atoms with Gasteiger partial charge in [0.15, 0.2) is 0 Å². The zero-order chi connectivity index (χ0) is 14.8. The van der Waals surface area contributed by atoms with E-state index in [0.29, 0.717) is 23.2 Å². The number of para-hydroxylation sites is 1. The van der Waals surface area contributed by atoms with Gasteiger partial charge >= 0.3 is 0 Å². The molecule has 108 valence electrons. The topological polar surface area (TPSA) is 61.9 Å². The summed E-state index contributed by atoms with van der Waals surface area (Å²) in [6.07, 6.45) is 5.17. The molecule has 2 heterocycles. The van der Waals surface area contributed by atoms with Crippen LogP contribution in [0.15, 0.2) is 47.8 Å². The number of benzene rings is 1. The molecule has 6 heteroatoms. The highest BCUT2D eigenvalue weighted by Crippen LogP contribution is 2.20. The standard InChI is InChI=1S/C15H16N4O2/c1-11(9-18-8-4-7-17-18)19-10-16-14-12(15(19)20)5-3-6-13(14)21-2/h3-8,10-11H,9H2,1-2H3. The molecule has 1 aromatic carbocycles. The molecular weight excluding hydrogens is 268 g/mol. The van der Waals surface area contributed by atoms with Crippen LogP contribution in [0, 0.1) is 0 Å². The highest BCUT2D eigenvalue weighted by atomic mass is 16.5. The van der Waals surface area contributed by atoms with Crippen molar-refractivity contribution in [3.05, 3.63) is 53.3 Å². The quantitative estimate of drug-likeness (QED) is 0.733. The van der Waals surface area contributed by atoms with E-state index in [1.165, 1.54) is 0 Å². The fourth-order valence-corrected chi connectivity index (χ4v) is 2.39. The minimum Gasteiger partial charge on any atom is -0.494 e. The van der Waals surface area contributed by atoms with Gasteiger partial charge < -0.3 is 4.74 Å². The van der Waals surface area contributed by atoms with Crippen LogP contribution < -0.4 is 10.3 Å². The Hall–Kier alpha value is -2.63. The second-order valence-electron chi connectivity index (χ2n) is 4.89. The molecule has 0 spiro atoms. The minimum atomic E-state index is -0.0708. The summed E-state index contributed by atoms with van der Waals surface area (Å²) in [5, 5.41) is 4.72. The minimum absolute atomic E-state index is 0.0412. The smallest absolute Gasteiger partial charge is 0.261 e. The fourth-order valence-electron chi connectivity index (χ4n) is 2.39. The average Bonchev–Trinajstić information content (AvgIpc) is 3.00. The van der Waals surface area contributed by atoms with Crippen LogP contribution in [0.2, 0.25) is 0 Å². The molecule has 6 nitrogen and oxygen atoms in total. The van der Waals surface area contributed by atoms with E-state index in [-0.39, 0.29) is 11.6 Å². The molecule has 0 N–H and O–H groups in total. The summed E-state index contributed by atoms with van der Waals surface area (Å²) in [6, 6.07) is 7.18. The molecule has 0 saturated heterocycles. The molecule has 0 saturated carbocycles. The fraction of sp³-hybridized carbons (Fsp3) is 0.267. The molecule has 1 atom stereocenters. The molecule has 0 aliphatic carbocycles. The molecule has 0 radical (unpaired) electrons. The van der Waals surface area contributed by atoms with Crippen LogP contribution in [0.1, 0.15) is 13.0 Å². The normalized spacial score (nSPS) is 12.5. The Labute approximate surface area is 121 Å².